The van der Waals surface area contributed by atoms with Gasteiger partial charge in [0.25, 0.3) is 0 Å². The van der Waals surface area contributed by atoms with Gasteiger partial charge in [-0.25, -0.2) is 0 Å². The minimum Gasteiger partial charge on any atom is -0.383 e. The summed E-state index contributed by atoms with van der Waals surface area (Å²) in [6.07, 6.45) is 0. The Morgan fingerprint density at radius 2 is 1.79 bits per heavy atom. The first-order valence-electron chi connectivity index (χ1n) is 7.22. The molecule has 0 aliphatic rings. The number of nitrogens with one attached hydrogen (secondary N) is 1. The summed E-state index contributed by atoms with van der Waals surface area (Å²) in [7, 11) is 1.76. The van der Waals surface area contributed by atoms with Crippen molar-refractivity contribution in [3.05, 3.63) is 35.4 Å². The highest BCUT2D eigenvalue weighted by Crippen LogP contribution is 2.10. The van der Waals surface area contributed by atoms with Crippen molar-refractivity contribution in [3.63, 3.8) is 0 Å². The number of nitrogens with zero attached hydrogens (tertiary/aromatic N) is 1. The highest BCUT2D eigenvalue weighted by Gasteiger charge is 2.11. The van der Waals surface area contributed by atoms with Crippen molar-refractivity contribution in [3.8, 4) is 0 Å². The van der Waals surface area contributed by atoms with Gasteiger partial charge in [-0.2, -0.15) is 0 Å². The van der Waals surface area contributed by atoms with Gasteiger partial charge in [-0.05, 0) is 31.1 Å². The van der Waals surface area contributed by atoms with E-state index in [0.717, 1.165) is 32.8 Å². The molecule has 0 aliphatic heterocycles. The average Bonchev–Trinajstić information content (AvgIpc) is 2.44. The Morgan fingerprint density at radius 3 is 2.32 bits per heavy atom. The third kappa shape index (κ3) is 5.72. The highest BCUT2D eigenvalue weighted by atomic mass is 16.5. The Morgan fingerprint density at radius 1 is 1.16 bits per heavy atom. The Kier molecular flexibility index (Phi) is 7.72. The summed E-state index contributed by atoms with van der Waals surface area (Å²) in [6.45, 7) is 11.3. The second-order valence-corrected chi connectivity index (χ2v) is 4.96. The summed E-state index contributed by atoms with van der Waals surface area (Å²) in [5.41, 5.74) is 2.71. The monoisotopic (exact) mass is 264 g/mol. The lowest BCUT2D eigenvalue weighted by Gasteiger charge is -2.27. The topological polar surface area (TPSA) is 24.5 Å². The molecule has 1 aromatic rings. The van der Waals surface area contributed by atoms with E-state index < -0.39 is 0 Å². The molecular formula is C16H28N2O. The van der Waals surface area contributed by atoms with Crippen molar-refractivity contribution >= 4 is 0 Å². The van der Waals surface area contributed by atoms with Crippen LogP contribution in [0.1, 0.15) is 31.9 Å². The Balaban J connectivity index is 2.55. The molecule has 108 valence electrons. The first kappa shape index (κ1) is 16.2. The van der Waals surface area contributed by atoms with Gasteiger partial charge in [0.1, 0.15) is 0 Å². The Hall–Kier alpha value is -0.900. The highest BCUT2D eigenvalue weighted by molar-refractivity contribution is 5.22. The van der Waals surface area contributed by atoms with Gasteiger partial charge in [-0.1, -0.05) is 38.1 Å². The molecule has 0 saturated heterocycles. The average molecular weight is 264 g/mol. The molecule has 0 heterocycles. The van der Waals surface area contributed by atoms with Crippen LogP contribution in [0.2, 0.25) is 0 Å². The summed E-state index contributed by atoms with van der Waals surface area (Å²) in [4.78, 5) is 2.43. The fourth-order valence-corrected chi connectivity index (χ4v) is 2.19. The van der Waals surface area contributed by atoms with Crippen LogP contribution in [0.5, 0.6) is 0 Å². The fraction of sp³-hybridized carbons (Fsp3) is 0.625. The minimum absolute atomic E-state index is 0.455. The fourth-order valence-electron chi connectivity index (χ4n) is 2.19. The zero-order valence-electron chi connectivity index (χ0n) is 12.8. The maximum Gasteiger partial charge on any atom is 0.0615 e. The quantitative estimate of drug-likeness (QED) is 0.742. The molecular weight excluding hydrogens is 236 g/mol. The molecule has 0 fully saturated rings. The van der Waals surface area contributed by atoms with Crippen molar-refractivity contribution in [1.29, 1.82) is 0 Å². The van der Waals surface area contributed by atoms with Crippen LogP contribution in [0.15, 0.2) is 24.3 Å². The molecule has 1 rings (SSSR count). The predicted octanol–water partition coefficient (Wildman–Crippen LogP) is 2.65. The molecule has 0 spiro atoms. The van der Waals surface area contributed by atoms with E-state index in [0.29, 0.717) is 6.04 Å². The Labute approximate surface area is 118 Å². The lowest BCUT2D eigenvalue weighted by molar-refractivity contribution is 0.0982. The van der Waals surface area contributed by atoms with Gasteiger partial charge in [0.2, 0.25) is 0 Å². The van der Waals surface area contributed by atoms with Gasteiger partial charge in [-0.3, -0.25) is 4.90 Å². The van der Waals surface area contributed by atoms with Crippen LogP contribution in [-0.4, -0.2) is 37.7 Å². The van der Waals surface area contributed by atoms with E-state index in [1.165, 1.54) is 11.1 Å². The Bertz CT molecular complexity index is 337. The number of likely N-dealkylation sites (N-methyl/N-ethyl adjacent to an activating group) is 1. The van der Waals surface area contributed by atoms with E-state index in [1.54, 1.807) is 7.11 Å². The molecule has 0 radical (unpaired) electrons. The van der Waals surface area contributed by atoms with Crippen LogP contribution >= 0.6 is 0 Å². The smallest absolute Gasteiger partial charge is 0.0615 e. The molecule has 0 aliphatic carbocycles. The van der Waals surface area contributed by atoms with E-state index in [-0.39, 0.29) is 0 Å². The van der Waals surface area contributed by atoms with Crippen molar-refractivity contribution in [2.24, 2.45) is 0 Å². The molecule has 3 heteroatoms. The zero-order chi connectivity index (χ0) is 14.1. The maximum atomic E-state index is 5.24. The zero-order valence-corrected chi connectivity index (χ0v) is 12.8. The van der Waals surface area contributed by atoms with Crippen LogP contribution in [0, 0.1) is 0 Å². The maximum absolute atomic E-state index is 5.24. The summed E-state index contributed by atoms with van der Waals surface area (Å²) in [5.74, 6) is 0. The number of benzene rings is 1. The third-order valence-corrected chi connectivity index (χ3v) is 3.43. The largest absolute Gasteiger partial charge is 0.383 e. The van der Waals surface area contributed by atoms with Crippen LogP contribution in [0.25, 0.3) is 0 Å². The van der Waals surface area contributed by atoms with Crippen LogP contribution in [-0.2, 0) is 17.8 Å². The van der Waals surface area contributed by atoms with Crippen molar-refractivity contribution in [2.75, 3.05) is 26.8 Å². The SMILES string of the molecule is CCNCc1ccc(CN(CC)C(C)COC)cc1. The summed E-state index contributed by atoms with van der Waals surface area (Å²) >= 11 is 0. The standard InChI is InChI=1S/C16H28N2O/c1-5-17-11-15-7-9-16(10-8-15)12-18(6-2)14(3)13-19-4/h7-10,14,17H,5-6,11-13H2,1-4H3. The molecule has 0 aromatic heterocycles. The molecule has 3 nitrogen and oxygen atoms in total. The normalized spacial score (nSPS) is 12.9. The minimum atomic E-state index is 0.455. The number of ether oxygens (including phenoxy) is 1. The molecule has 0 saturated carbocycles. The second-order valence-electron chi connectivity index (χ2n) is 4.96. The van der Waals surface area contributed by atoms with E-state index >= 15 is 0 Å². The number of rotatable bonds is 9. The number of methoxy groups -OCH3 is 1. The molecule has 0 bridgehead atoms. The van der Waals surface area contributed by atoms with E-state index in [4.69, 9.17) is 4.74 Å². The van der Waals surface area contributed by atoms with Crippen molar-refractivity contribution < 1.29 is 4.74 Å². The van der Waals surface area contributed by atoms with E-state index in [1.807, 2.05) is 0 Å². The van der Waals surface area contributed by atoms with E-state index in [2.05, 4.69) is 55.3 Å². The summed E-state index contributed by atoms with van der Waals surface area (Å²) < 4.78 is 5.24. The molecule has 1 atom stereocenters. The molecule has 0 amide bonds. The lowest BCUT2D eigenvalue weighted by atomic mass is 10.1. The summed E-state index contributed by atoms with van der Waals surface area (Å²) in [5, 5.41) is 3.34. The van der Waals surface area contributed by atoms with Crippen LogP contribution < -0.4 is 5.32 Å². The first-order chi connectivity index (χ1) is 9.21. The van der Waals surface area contributed by atoms with E-state index in [9.17, 15) is 0 Å². The van der Waals surface area contributed by atoms with Crippen LogP contribution in [0.4, 0.5) is 0 Å². The lowest BCUT2D eigenvalue weighted by Crippen LogP contribution is -2.35. The number of hydrogen-bond donors (Lipinski definition) is 1. The van der Waals surface area contributed by atoms with Crippen molar-refractivity contribution in [2.45, 2.75) is 39.9 Å². The van der Waals surface area contributed by atoms with Gasteiger partial charge in [-0.15, -0.1) is 0 Å². The van der Waals surface area contributed by atoms with Gasteiger partial charge < -0.3 is 10.1 Å². The molecule has 1 N–H and O–H groups in total. The summed E-state index contributed by atoms with van der Waals surface area (Å²) in [6, 6.07) is 9.35. The van der Waals surface area contributed by atoms with Gasteiger partial charge in [0.05, 0.1) is 6.61 Å². The second kappa shape index (κ2) is 9.08. The van der Waals surface area contributed by atoms with Gasteiger partial charge in [0, 0.05) is 26.2 Å². The van der Waals surface area contributed by atoms with Crippen LogP contribution in [0.3, 0.4) is 0 Å². The molecule has 1 unspecified atom stereocenters. The molecule has 1 aromatic carbocycles. The number of hydrogen-bond acceptors (Lipinski definition) is 3. The van der Waals surface area contributed by atoms with Gasteiger partial charge in [0.15, 0.2) is 0 Å². The van der Waals surface area contributed by atoms with Crippen molar-refractivity contribution in [1.82, 2.24) is 10.2 Å². The predicted molar refractivity (Wildman–Crippen MR) is 81.2 cm³/mol. The van der Waals surface area contributed by atoms with Gasteiger partial charge >= 0.3 is 0 Å². The third-order valence-electron chi connectivity index (χ3n) is 3.43. The first-order valence-corrected chi connectivity index (χ1v) is 7.22. The molecule has 19 heavy (non-hydrogen) atoms.